The fourth-order valence-electron chi connectivity index (χ4n) is 1.85. The minimum absolute atomic E-state index is 0.302. The molecule has 0 amide bonds. The van der Waals surface area contributed by atoms with Gasteiger partial charge < -0.3 is 10.4 Å². The first-order valence-electron chi connectivity index (χ1n) is 6.60. The minimum atomic E-state index is -0.924. The second-order valence-corrected chi connectivity index (χ2v) is 6.17. The topological polar surface area (TPSA) is 53.7 Å². The van der Waals surface area contributed by atoms with Gasteiger partial charge in [-0.3, -0.25) is 0 Å². The Balaban J connectivity index is 2.29. The number of nitrogens with one attached hydrogen (secondary N) is 1. The molecule has 0 radical (unpaired) electrons. The van der Waals surface area contributed by atoms with E-state index in [9.17, 15) is 4.79 Å². The number of thiophene rings is 1. The molecule has 0 aliphatic heterocycles. The van der Waals surface area contributed by atoms with Gasteiger partial charge in [0.15, 0.2) is 0 Å². The average molecular weight is 300 g/mol. The number of carboxylic acid groups (broad SMARTS) is 1. The highest BCUT2D eigenvalue weighted by molar-refractivity contribution is 7.17. The van der Waals surface area contributed by atoms with E-state index in [0.717, 1.165) is 22.7 Å². The van der Waals surface area contributed by atoms with Gasteiger partial charge in [-0.15, -0.1) is 11.3 Å². The van der Waals surface area contributed by atoms with Crippen LogP contribution in [0.4, 0.5) is 11.4 Å². The van der Waals surface area contributed by atoms with Crippen molar-refractivity contribution in [3.8, 4) is 10.4 Å². The number of aromatic carboxylic acids is 1. The normalized spacial score (nSPS) is 10.4. The largest absolute Gasteiger partial charge is 0.477 e. The number of carboxylic acids is 1. The number of nitrogens with zero attached hydrogens (tertiary/aromatic N) is 1. The van der Waals surface area contributed by atoms with Crippen LogP contribution in [-0.2, 0) is 0 Å². The van der Waals surface area contributed by atoms with Gasteiger partial charge >= 0.3 is 5.97 Å². The van der Waals surface area contributed by atoms with Crippen LogP contribution in [0.25, 0.3) is 15.3 Å². The summed E-state index contributed by atoms with van der Waals surface area (Å²) < 4.78 is 0. The van der Waals surface area contributed by atoms with E-state index in [4.69, 9.17) is 11.7 Å². The zero-order chi connectivity index (χ0) is 15.4. The Morgan fingerprint density at radius 2 is 2.14 bits per heavy atom. The van der Waals surface area contributed by atoms with Crippen LogP contribution in [0.1, 0.15) is 23.5 Å². The van der Waals surface area contributed by atoms with Gasteiger partial charge in [-0.1, -0.05) is 19.9 Å². The molecule has 0 fully saturated rings. The first kappa shape index (κ1) is 15.1. The summed E-state index contributed by atoms with van der Waals surface area (Å²) in [6.45, 7) is 12.3. The standard InChI is InChI=1S/C16H16N2O2S/c1-10(2)9-18-12-5-4-11(8-13(12)17-3)14-6-7-15(21-14)16(19)20/h4-8,10,18H,9H2,1-2H3,(H,19,20). The molecule has 2 aromatic rings. The summed E-state index contributed by atoms with van der Waals surface area (Å²) in [6, 6.07) is 8.95. The summed E-state index contributed by atoms with van der Waals surface area (Å²) in [5.74, 6) is -0.425. The monoisotopic (exact) mass is 300 g/mol. The van der Waals surface area contributed by atoms with Crippen LogP contribution in [0, 0.1) is 12.5 Å². The molecule has 4 nitrogen and oxygen atoms in total. The number of hydrogen-bond donors (Lipinski definition) is 2. The summed E-state index contributed by atoms with van der Waals surface area (Å²) in [5.41, 5.74) is 2.24. The maximum absolute atomic E-state index is 10.9. The van der Waals surface area contributed by atoms with Crippen molar-refractivity contribution in [2.75, 3.05) is 11.9 Å². The molecule has 108 valence electrons. The summed E-state index contributed by atoms with van der Waals surface area (Å²) >= 11 is 1.21. The van der Waals surface area contributed by atoms with Gasteiger partial charge in [0.2, 0.25) is 5.69 Å². The van der Waals surface area contributed by atoms with E-state index in [1.54, 1.807) is 18.2 Å². The fourth-order valence-corrected chi connectivity index (χ4v) is 2.69. The molecule has 1 aromatic carbocycles. The highest BCUT2D eigenvalue weighted by Gasteiger charge is 2.10. The van der Waals surface area contributed by atoms with Gasteiger partial charge in [0, 0.05) is 17.1 Å². The molecule has 2 N–H and O–H groups in total. The van der Waals surface area contributed by atoms with E-state index in [-0.39, 0.29) is 0 Å². The van der Waals surface area contributed by atoms with E-state index in [1.807, 2.05) is 12.1 Å². The molecule has 5 heteroatoms. The van der Waals surface area contributed by atoms with Gasteiger partial charge in [-0.2, -0.15) is 0 Å². The summed E-state index contributed by atoms with van der Waals surface area (Å²) in [4.78, 5) is 15.6. The van der Waals surface area contributed by atoms with Crippen LogP contribution in [0.15, 0.2) is 30.3 Å². The molecule has 0 saturated carbocycles. The van der Waals surface area contributed by atoms with Crippen molar-refractivity contribution in [1.82, 2.24) is 0 Å². The van der Waals surface area contributed by atoms with E-state index in [0.29, 0.717) is 16.5 Å². The van der Waals surface area contributed by atoms with Crippen molar-refractivity contribution in [2.24, 2.45) is 5.92 Å². The van der Waals surface area contributed by atoms with Crippen molar-refractivity contribution >= 4 is 28.7 Å². The molecular formula is C16H16N2O2S. The third-order valence-electron chi connectivity index (χ3n) is 2.92. The SMILES string of the molecule is [C-]#[N+]c1cc(-c2ccc(C(=O)O)s2)ccc1NCC(C)C. The molecule has 0 aliphatic rings. The van der Waals surface area contributed by atoms with Crippen molar-refractivity contribution in [3.05, 3.63) is 46.6 Å². The summed E-state index contributed by atoms with van der Waals surface area (Å²) in [5, 5.41) is 12.2. The molecule has 0 atom stereocenters. The minimum Gasteiger partial charge on any atom is -0.477 e. The van der Waals surface area contributed by atoms with E-state index in [1.165, 1.54) is 11.3 Å². The average Bonchev–Trinajstić information content (AvgIpc) is 2.94. The molecule has 0 aliphatic carbocycles. The van der Waals surface area contributed by atoms with Crippen LogP contribution >= 0.6 is 11.3 Å². The van der Waals surface area contributed by atoms with Gasteiger partial charge in [0.25, 0.3) is 0 Å². The first-order valence-corrected chi connectivity index (χ1v) is 7.41. The van der Waals surface area contributed by atoms with E-state index >= 15 is 0 Å². The van der Waals surface area contributed by atoms with Crippen molar-refractivity contribution in [1.29, 1.82) is 0 Å². The number of benzene rings is 1. The molecule has 21 heavy (non-hydrogen) atoms. The Morgan fingerprint density at radius 3 is 2.71 bits per heavy atom. The van der Waals surface area contributed by atoms with Gasteiger partial charge in [0.05, 0.1) is 6.57 Å². The maximum Gasteiger partial charge on any atom is 0.345 e. The fraction of sp³-hybridized carbons (Fsp3) is 0.250. The molecule has 2 rings (SSSR count). The maximum atomic E-state index is 10.9. The lowest BCUT2D eigenvalue weighted by molar-refractivity contribution is 0.0702. The lowest BCUT2D eigenvalue weighted by Gasteiger charge is -2.11. The van der Waals surface area contributed by atoms with Crippen LogP contribution in [-0.4, -0.2) is 17.6 Å². The number of carbonyl (C=O) groups is 1. The lowest BCUT2D eigenvalue weighted by atomic mass is 10.1. The highest BCUT2D eigenvalue weighted by atomic mass is 32.1. The second kappa shape index (κ2) is 6.42. The number of anilines is 1. The molecule has 0 saturated heterocycles. The van der Waals surface area contributed by atoms with Crippen molar-refractivity contribution in [2.45, 2.75) is 13.8 Å². The Labute approximate surface area is 127 Å². The van der Waals surface area contributed by atoms with Gasteiger partial charge in [-0.25, -0.2) is 9.64 Å². The Kier molecular flexibility index (Phi) is 4.61. The zero-order valence-corrected chi connectivity index (χ0v) is 12.7. The van der Waals surface area contributed by atoms with Crippen molar-refractivity contribution in [3.63, 3.8) is 0 Å². The third-order valence-corrected chi connectivity index (χ3v) is 4.04. The van der Waals surface area contributed by atoms with Crippen molar-refractivity contribution < 1.29 is 9.90 Å². The molecule has 0 unspecified atom stereocenters. The zero-order valence-electron chi connectivity index (χ0n) is 11.9. The molecule has 0 spiro atoms. The summed E-state index contributed by atoms with van der Waals surface area (Å²) in [7, 11) is 0. The second-order valence-electron chi connectivity index (χ2n) is 5.09. The Morgan fingerprint density at radius 1 is 1.38 bits per heavy atom. The summed E-state index contributed by atoms with van der Waals surface area (Å²) in [6.07, 6.45) is 0. The molecule has 1 aromatic heterocycles. The van der Waals surface area contributed by atoms with Crippen LogP contribution < -0.4 is 5.32 Å². The Hall–Kier alpha value is -2.32. The third kappa shape index (κ3) is 3.61. The first-order chi connectivity index (χ1) is 10.0. The lowest BCUT2D eigenvalue weighted by Crippen LogP contribution is -2.07. The van der Waals surface area contributed by atoms with Crippen LogP contribution in [0.5, 0.6) is 0 Å². The van der Waals surface area contributed by atoms with Crippen LogP contribution in [0.2, 0.25) is 0 Å². The van der Waals surface area contributed by atoms with Gasteiger partial charge in [0.1, 0.15) is 4.88 Å². The highest BCUT2D eigenvalue weighted by Crippen LogP contribution is 2.34. The molecule has 1 heterocycles. The predicted molar refractivity (Wildman–Crippen MR) is 86.3 cm³/mol. The molecule has 0 bridgehead atoms. The van der Waals surface area contributed by atoms with E-state index < -0.39 is 5.97 Å². The predicted octanol–water partition coefficient (Wildman–Crippen LogP) is 4.73. The number of rotatable bonds is 5. The quantitative estimate of drug-likeness (QED) is 0.785. The van der Waals surface area contributed by atoms with E-state index in [2.05, 4.69) is 24.0 Å². The smallest absolute Gasteiger partial charge is 0.345 e. The van der Waals surface area contributed by atoms with Crippen LogP contribution in [0.3, 0.4) is 0 Å². The number of hydrogen-bond acceptors (Lipinski definition) is 3. The molecular weight excluding hydrogens is 284 g/mol. The Bertz CT molecular complexity index is 699. The van der Waals surface area contributed by atoms with Gasteiger partial charge in [-0.05, 0) is 35.7 Å².